The monoisotopic (exact) mass is 305 g/mol. The normalized spacial score (nSPS) is 20.0. The van der Waals surface area contributed by atoms with Gasteiger partial charge in [0.2, 0.25) is 0 Å². The van der Waals surface area contributed by atoms with Crippen LogP contribution >= 0.6 is 0 Å². The molecule has 0 radical (unpaired) electrons. The summed E-state index contributed by atoms with van der Waals surface area (Å²) in [6, 6.07) is 16.7. The van der Waals surface area contributed by atoms with Crippen LogP contribution in [0.1, 0.15) is 28.7 Å². The van der Waals surface area contributed by atoms with E-state index < -0.39 is 12.1 Å². The van der Waals surface area contributed by atoms with Gasteiger partial charge in [-0.15, -0.1) is 0 Å². The molecule has 0 spiro atoms. The van der Waals surface area contributed by atoms with Gasteiger partial charge in [-0.3, -0.25) is 0 Å². The molecular weight excluding hydrogens is 290 g/mol. The fraction of sp³-hybridized carbons (Fsp3) is 0.158. The molecule has 0 saturated carbocycles. The summed E-state index contributed by atoms with van der Waals surface area (Å²) in [5.74, 6) is 0.0631. The first-order valence-corrected chi connectivity index (χ1v) is 7.18. The van der Waals surface area contributed by atoms with E-state index in [1.54, 1.807) is 25.3 Å². The zero-order valence-electron chi connectivity index (χ0n) is 12.7. The lowest BCUT2D eigenvalue weighted by atomic mass is 9.85. The lowest BCUT2D eigenvalue weighted by Gasteiger charge is -2.19. The van der Waals surface area contributed by atoms with Crippen molar-refractivity contribution >= 4 is 5.97 Å². The fourth-order valence-corrected chi connectivity index (χ4v) is 2.80. The van der Waals surface area contributed by atoms with Crippen LogP contribution in [0.15, 0.2) is 60.7 Å². The Morgan fingerprint density at radius 2 is 1.91 bits per heavy atom. The number of cyclic esters (lactones) is 1. The first kappa shape index (κ1) is 14.9. The summed E-state index contributed by atoms with van der Waals surface area (Å²) >= 11 is 0. The van der Waals surface area contributed by atoms with Crippen molar-refractivity contribution in [3.8, 4) is 11.8 Å². The number of hydrogen-bond acceptors (Lipinski definition) is 4. The third-order valence-corrected chi connectivity index (χ3v) is 3.99. The van der Waals surface area contributed by atoms with E-state index >= 15 is 0 Å². The van der Waals surface area contributed by atoms with E-state index in [1.807, 2.05) is 30.3 Å². The van der Waals surface area contributed by atoms with Gasteiger partial charge in [0.1, 0.15) is 11.9 Å². The Bertz CT molecular complexity index is 802. The Labute approximate surface area is 134 Å². The maximum atomic E-state index is 12.0. The second kappa shape index (κ2) is 5.98. The highest BCUT2D eigenvalue weighted by atomic mass is 16.6. The van der Waals surface area contributed by atoms with Crippen LogP contribution in [0.25, 0.3) is 0 Å². The molecule has 2 aromatic carbocycles. The van der Waals surface area contributed by atoms with E-state index in [-0.39, 0.29) is 5.92 Å². The lowest BCUT2D eigenvalue weighted by molar-refractivity contribution is -0.139. The molecule has 0 amide bonds. The number of ether oxygens (including phenoxy) is 2. The van der Waals surface area contributed by atoms with Crippen molar-refractivity contribution < 1.29 is 14.3 Å². The van der Waals surface area contributed by atoms with E-state index in [0.717, 1.165) is 16.9 Å². The number of carbonyl (C=O) groups excluding carboxylic acids is 1. The van der Waals surface area contributed by atoms with Crippen molar-refractivity contribution in [1.82, 2.24) is 0 Å². The lowest BCUT2D eigenvalue weighted by Crippen LogP contribution is -2.07. The third-order valence-electron chi connectivity index (χ3n) is 3.99. The zero-order valence-corrected chi connectivity index (χ0v) is 12.7. The van der Waals surface area contributed by atoms with E-state index in [9.17, 15) is 4.79 Å². The van der Waals surface area contributed by atoms with Crippen LogP contribution in [-0.2, 0) is 9.53 Å². The van der Waals surface area contributed by atoms with Gasteiger partial charge in [0.25, 0.3) is 0 Å². The molecule has 4 nitrogen and oxygen atoms in total. The van der Waals surface area contributed by atoms with Crippen LogP contribution in [-0.4, -0.2) is 13.1 Å². The minimum atomic E-state index is -0.475. The molecule has 0 aliphatic carbocycles. The average molecular weight is 305 g/mol. The molecule has 1 aliphatic rings. The summed E-state index contributed by atoms with van der Waals surface area (Å²) in [5, 5.41) is 9.06. The summed E-state index contributed by atoms with van der Waals surface area (Å²) in [7, 11) is 1.60. The van der Waals surface area contributed by atoms with Crippen molar-refractivity contribution in [2.75, 3.05) is 7.11 Å². The first-order valence-electron chi connectivity index (χ1n) is 7.18. The number of hydrogen-bond donors (Lipinski definition) is 0. The zero-order chi connectivity index (χ0) is 16.4. The Morgan fingerprint density at radius 3 is 2.57 bits per heavy atom. The van der Waals surface area contributed by atoms with Gasteiger partial charge in [0.15, 0.2) is 0 Å². The molecule has 1 fully saturated rings. The van der Waals surface area contributed by atoms with Gasteiger partial charge in [-0.25, -0.2) is 4.79 Å². The maximum absolute atomic E-state index is 12.0. The summed E-state index contributed by atoms with van der Waals surface area (Å²) in [4.78, 5) is 12.0. The number of nitriles is 1. The Kier molecular flexibility index (Phi) is 3.86. The van der Waals surface area contributed by atoms with Gasteiger partial charge in [0.05, 0.1) is 24.7 Å². The molecule has 0 unspecified atom stereocenters. The Hall–Kier alpha value is -3.06. The van der Waals surface area contributed by atoms with E-state index in [1.165, 1.54) is 0 Å². The van der Waals surface area contributed by atoms with Crippen molar-refractivity contribution in [1.29, 1.82) is 5.26 Å². The number of methoxy groups -OCH3 is 1. The number of benzene rings is 2. The van der Waals surface area contributed by atoms with Gasteiger partial charge in [-0.05, 0) is 35.4 Å². The summed E-state index contributed by atoms with van der Waals surface area (Å²) in [5.41, 5.74) is 2.66. The summed E-state index contributed by atoms with van der Waals surface area (Å²) < 4.78 is 10.7. The predicted molar refractivity (Wildman–Crippen MR) is 84.9 cm³/mol. The van der Waals surface area contributed by atoms with Crippen molar-refractivity contribution in [3.63, 3.8) is 0 Å². The van der Waals surface area contributed by atoms with Gasteiger partial charge >= 0.3 is 5.97 Å². The smallest absolute Gasteiger partial charge is 0.334 e. The summed E-state index contributed by atoms with van der Waals surface area (Å²) in [6.07, 6.45) is -0.475. The SMILES string of the molecule is C=C1C(=O)O[C@H](c2cccc(C#N)c2)[C@@H]1c1ccc(OC)cc1. The van der Waals surface area contributed by atoms with Crippen LogP contribution < -0.4 is 4.74 Å². The third kappa shape index (κ3) is 2.69. The molecular formula is C19H15NO3. The minimum absolute atomic E-state index is 0.276. The molecule has 1 saturated heterocycles. The predicted octanol–water partition coefficient (Wildman–Crippen LogP) is 3.50. The molecule has 3 rings (SSSR count). The highest BCUT2D eigenvalue weighted by Gasteiger charge is 2.40. The molecule has 114 valence electrons. The second-order valence-corrected chi connectivity index (χ2v) is 5.34. The van der Waals surface area contributed by atoms with E-state index in [0.29, 0.717) is 11.1 Å². The Morgan fingerprint density at radius 1 is 1.17 bits per heavy atom. The van der Waals surface area contributed by atoms with Crippen molar-refractivity contribution in [2.24, 2.45) is 0 Å². The fourth-order valence-electron chi connectivity index (χ4n) is 2.80. The van der Waals surface area contributed by atoms with Crippen molar-refractivity contribution in [3.05, 3.63) is 77.4 Å². The molecule has 1 heterocycles. The molecule has 1 aliphatic heterocycles. The molecule has 23 heavy (non-hydrogen) atoms. The standard InChI is InChI=1S/C19H15NO3/c1-12-17(14-6-8-16(22-2)9-7-14)18(23-19(12)21)15-5-3-4-13(10-15)11-20/h3-10,17-18H,1H2,2H3/t17-,18+/m0/s1. The summed E-state index contributed by atoms with van der Waals surface area (Å²) in [6.45, 7) is 3.88. The largest absolute Gasteiger partial charge is 0.497 e. The first-order chi connectivity index (χ1) is 11.1. The van der Waals surface area contributed by atoms with E-state index in [4.69, 9.17) is 14.7 Å². The van der Waals surface area contributed by atoms with E-state index in [2.05, 4.69) is 12.6 Å². The maximum Gasteiger partial charge on any atom is 0.334 e. The molecule has 0 N–H and O–H groups in total. The van der Waals surface area contributed by atoms with Crippen LogP contribution in [0.2, 0.25) is 0 Å². The van der Waals surface area contributed by atoms with Gasteiger partial charge in [0, 0.05) is 5.57 Å². The van der Waals surface area contributed by atoms with Crippen LogP contribution in [0.5, 0.6) is 5.75 Å². The van der Waals surface area contributed by atoms with Gasteiger partial charge < -0.3 is 9.47 Å². The molecule has 2 aromatic rings. The van der Waals surface area contributed by atoms with Gasteiger partial charge in [-0.1, -0.05) is 30.8 Å². The second-order valence-electron chi connectivity index (χ2n) is 5.34. The number of esters is 1. The van der Waals surface area contributed by atoms with Crippen LogP contribution in [0.3, 0.4) is 0 Å². The molecule has 4 heteroatoms. The highest BCUT2D eigenvalue weighted by molar-refractivity contribution is 5.92. The number of rotatable bonds is 3. The number of carbonyl (C=O) groups is 1. The van der Waals surface area contributed by atoms with Crippen molar-refractivity contribution in [2.45, 2.75) is 12.0 Å². The minimum Gasteiger partial charge on any atom is -0.497 e. The number of nitrogens with zero attached hydrogens (tertiary/aromatic N) is 1. The average Bonchev–Trinajstić information content (AvgIpc) is 2.90. The van der Waals surface area contributed by atoms with Crippen LogP contribution in [0, 0.1) is 11.3 Å². The quantitative estimate of drug-likeness (QED) is 0.643. The Balaban J connectivity index is 2.02. The van der Waals surface area contributed by atoms with Crippen LogP contribution in [0.4, 0.5) is 0 Å². The molecule has 0 bridgehead atoms. The molecule has 0 aromatic heterocycles. The van der Waals surface area contributed by atoms with Gasteiger partial charge in [-0.2, -0.15) is 5.26 Å². The highest BCUT2D eigenvalue weighted by Crippen LogP contribution is 2.45. The molecule has 2 atom stereocenters. The topological polar surface area (TPSA) is 59.3 Å².